The Balaban J connectivity index is 1.55. The molecule has 0 saturated heterocycles. The van der Waals surface area contributed by atoms with Crippen molar-refractivity contribution in [2.45, 2.75) is 10.9 Å². The second-order valence-electron chi connectivity index (χ2n) is 7.05. The average molecular weight is 446 g/mol. The predicted molar refractivity (Wildman–Crippen MR) is 125 cm³/mol. The van der Waals surface area contributed by atoms with Gasteiger partial charge in [-0.25, -0.2) is 4.39 Å². The van der Waals surface area contributed by atoms with Crippen molar-refractivity contribution in [2.24, 2.45) is 0 Å². The molecule has 0 radical (unpaired) electrons. The molecule has 0 bridgehead atoms. The highest BCUT2D eigenvalue weighted by Crippen LogP contribution is 2.32. The standard InChI is InChI=1S/C25H17ClFN3S/c26-20-10-8-18(9-11-20)24-28-29-25(30(24)22-14-12-21(27)13-15-22)31-16-19-6-3-5-17-4-1-2-7-23(17)19/h1-15H,16H2. The van der Waals surface area contributed by atoms with Crippen molar-refractivity contribution >= 4 is 34.1 Å². The molecule has 1 aromatic heterocycles. The van der Waals surface area contributed by atoms with E-state index in [9.17, 15) is 4.39 Å². The molecule has 31 heavy (non-hydrogen) atoms. The van der Waals surface area contributed by atoms with Crippen molar-refractivity contribution in [3.8, 4) is 17.1 Å². The first-order valence-corrected chi connectivity index (χ1v) is 11.1. The number of halogens is 2. The maximum absolute atomic E-state index is 13.6. The van der Waals surface area contributed by atoms with Gasteiger partial charge in [-0.15, -0.1) is 10.2 Å². The maximum Gasteiger partial charge on any atom is 0.196 e. The van der Waals surface area contributed by atoms with E-state index < -0.39 is 0 Å². The fourth-order valence-corrected chi connectivity index (χ4v) is 4.61. The van der Waals surface area contributed by atoms with Crippen molar-refractivity contribution in [1.82, 2.24) is 14.8 Å². The number of benzene rings is 4. The lowest BCUT2D eigenvalue weighted by Crippen LogP contribution is -2.00. The normalized spacial score (nSPS) is 11.2. The van der Waals surface area contributed by atoms with Crippen LogP contribution in [0.25, 0.3) is 27.8 Å². The zero-order chi connectivity index (χ0) is 21.2. The Labute approximate surface area is 188 Å². The van der Waals surface area contributed by atoms with Gasteiger partial charge < -0.3 is 0 Å². The van der Waals surface area contributed by atoms with Crippen LogP contribution in [-0.4, -0.2) is 14.8 Å². The molecular formula is C25H17ClFN3S. The molecule has 0 N–H and O–H groups in total. The molecule has 0 aliphatic rings. The van der Waals surface area contributed by atoms with Gasteiger partial charge in [0.2, 0.25) is 0 Å². The molecule has 0 saturated carbocycles. The Bertz CT molecular complexity index is 1340. The molecular weight excluding hydrogens is 429 g/mol. The average Bonchev–Trinajstić information content (AvgIpc) is 3.22. The van der Waals surface area contributed by atoms with Gasteiger partial charge in [-0.3, -0.25) is 4.57 Å². The predicted octanol–water partition coefficient (Wildman–Crippen LogP) is 7.17. The summed E-state index contributed by atoms with van der Waals surface area (Å²) in [6.07, 6.45) is 0. The smallest absolute Gasteiger partial charge is 0.196 e. The highest BCUT2D eigenvalue weighted by Gasteiger charge is 2.17. The minimum absolute atomic E-state index is 0.283. The summed E-state index contributed by atoms with van der Waals surface area (Å²) >= 11 is 7.66. The maximum atomic E-state index is 13.6. The summed E-state index contributed by atoms with van der Waals surface area (Å²) in [5, 5.41) is 12.7. The van der Waals surface area contributed by atoms with Crippen LogP contribution in [0.15, 0.2) is 96.2 Å². The third-order valence-electron chi connectivity index (χ3n) is 5.06. The number of rotatable bonds is 5. The second kappa shape index (κ2) is 8.53. The van der Waals surface area contributed by atoms with Crippen LogP contribution in [0.4, 0.5) is 4.39 Å². The Morgan fingerprint density at radius 2 is 1.55 bits per heavy atom. The Morgan fingerprint density at radius 1 is 0.806 bits per heavy atom. The van der Waals surface area contributed by atoms with Crippen molar-refractivity contribution in [2.75, 3.05) is 0 Å². The highest BCUT2D eigenvalue weighted by atomic mass is 35.5. The lowest BCUT2D eigenvalue weighted by atomic mass is 10.1. The molecule has 0 spiro atoms. The van der Waals surface area contributed by atoms with E-state index in [4.69, 9.17) is 11.6 Å². The van der Waals surface area contributed by atoms with Gasteiger partial charge in [0.15, 0.2) is 11.0 Å². The van der Waals surface area contributed by atoms with Crippen LogP contribution in [-0.2, 0) is 5.75 Å². The molecule has 0 amide bonds. The van der Waals surface area contributed by atoms with Gasteiger partial charge in [-0.2, -0.15) is 0 Å². The van der Waals surface area contributed by atoms with Crippen molar-refractivity contribution < 1.29 is 4.39 Å². The van der Waals surface area contributed by atoms with Crippen LogP contribution >= 0.6 is 23.4 Å². The molecule has 4 aromatic carbocycles. The monoisotopic (exact) mass is 445 g/mol. The molecule has 3 nitrogen and oxygen atoms in total. The van der Waals surface area contributed by atoms with Crippen molar-refractivity contribution in [3.63, 3.8) is 0 Å². The zero-order valence-electron chi connectivity index (χ0n) is 16.4. The van der Waals surface area contributed by atoms with Gasteiger partial charge in [-0.1, -0.05) is 65.8 Å². The van der Waals surface area contributed by atoms with Crippen molar-refractivity contribution in [3.05, 3.63) is 107 Å². The van der Waals surface area contributed by atoms with Gasteiger partial charge in [0.25, 0.3) is 0 Å². The van der Waals surface area contributed by atoms with E-state index in [0.29, 0.717) is 10.8 Å². The number of fused-ring (bicyclic) bond motifs is 1. The molecule has 152 valence electrons. The number of hydrogen-bond acceptors (Lipinski definition) is 3. The zero-order valence-corrected chi connectivity index (χ0v) is 17.9. The van der Waals surface area contributed by atoms with Gasteiger partial charge in [0.1, 0.15) is 5.82 Å². The summed E-state index contributed by atoms with van der Waals surface area (Å²) in [5.74, 6) is 1.14. The topological polar surface area (TPSA) is 30.7 Å². The molecule has 0 atom stereocenters. The van der Waals surface area contributed by atoms with E-state index in [-0.39, 0.29) is 5.82 Å². The Morgan fingerprint density at radius 3 is 2.35 bits per heavy atom. The quantitative estimate of drug-likeness (QED) is 0.268. The summed E-state index contributed by atoms with van der Waals surface area (Å²) in [6.45, 7) is 0. The van der Waals surface area contributed by atoms with Gasteiger partial charge >= 0.3 is 0 Å². The first-order valence-electron chi connectivity index (χ1n) is 9.76. The number of nitrogens with zero attached hydrogens (tertiary/aromatic N) is 3. The van der Waals surface area contributed by atoms with Gasteiger partial charge in [0, 0.05) is 22.0 Å². The first kappa shape index (κ1) is 19.8. The minimum Gasteiger partial charge on any atom is -0.270 e. The van der Waals surface area contributed by atoms with Crippen LogP contribution in [0.3, 0.4) is 0 Å². The van der Waals surface area contributed by atoms with Crippen LogP contribution in [0.2, 0.25) is 5.02 Å². The van der Waals surface area contributed by atoms with E-state index in [1.54, 1.807) is 23.9 Å². The van der Waals surface area contributed by atoms with Crippen molar-refractivity contribution in [1.29, 1.82) is 0 Å². The van der Waals surface area contributed by atoms with Crippen LogP contribution in [0.5, 0.6) is 0 Å². The highest BCUT2D eigenvalue weighted by molar-refractivity contribution is 7.98. The van der Waals surface area contributed by atoms with Gasteiger partial charge in [0.05, 0.1) is 0 Å². The summed E-state index contributed by atoms with van der Waals surface area (Å²) in [5.41, 5.74) is 2.92. The fraction of sp³-hybridized carbons (Fsp3) is 0.0400. The third kappa shape index (κ3) is 4.07. The van der Waals surface area contributed by atoms with E-state index >= 15 is 0 Å². The molecule has 5 aromatic rings. The number of hydrogen-bond donors (Lipinski definition) is 0. The number of thioether (sulfide) groups is 1. The van der Waals surface area contributed by atoms with Crippen LogP contribution < -0.4 is 0 Å². The molecule has 0 aliphatic heterocycles. The van der Waals surface area contributed by atoms with Crippen LogP contribution in [0.1, 0.15) is 5.56 Å². The summed E-state index contributed by atoms with van der Waals surface area (Å²) in [4.78, 5) is 0. The minimum atomic E-state index is -0.283. The van der Waals surface area contributed by atoms with Crippen LogP contribution in [0, 0.1) is 5.82 Å². The SMILES string of the molecule is Fc1ccc(-n2c(SCc3cccc4ccccc34)nnc2-c2ccc(Cl)cc2)cc1. The number of aromatic nitrogens is 3. The Kier molecular flexibility index (Phi) is 5.45. The molecule has 6 heteroatoms. The second-order valence-corrected chi connectivity index (χ2v) is 8.43. The first-order chi connectivity index (χ1) is 15.2. The summed E-state index contributed by atoms with van der Waals surface area (Å²) in [7, 11) is 0. The molecule has 0 unspecified atom stereocenters. The molecule has 1 heterocycles. The largest absolute Gasteiger partial charge is 0.270 e. The van der Waals surface area contributed by atoms with E-state index in [1.807, 2.05) is 34.9 Å². The molecule has 0 aliphatic carbocycles. The van der Waals surface area contributed by atoms with Gasteiger partial charge in [-0.05, 0) is 64.9 Å². The summed E-state index contributed by atoms with van der Waals surface area (Å²) < 4.78 is 15.5. The molecule has 5 rings (SSSR count). The van der Waals surface area contributed by atoms with E-state index in [0.717, 1.165) is 22.2 Å². The Hall–Kier alpha value is -3.15. The summed E-state index contributed by atoms with van der Waals surface area (Å²) in [6, 6.07) is 28.5. The lowest BCUT2D eigenvalue weighted by molar-refractivity contribution is 0.627. The van der Waals surface area contributed by atoms with E-state index in [2.05, 4.69) is 46.6 Å². The third-order valence-corrected chi connectivity index (χ3v) is 6.29. The molecule has 0 fully saturated rings. The fourth-order valence-electron chi connectivity index (χ4n) is 3.53. The van der Waals surface area contributed by atoms with E-state index in [1.165, 1.54) is 28.5 Å². The lowest BCUT2D eigenvalue weighted by Gasteiger charge is -2.11.